The van der Waals surface area contributed by atoms with Crippen LogP contribution in [0.2, 0.25) is 0 Å². The Morgan fingerprint density at radius 1 is 1.22 bits per heavy atom. The molecule has 0 bridgehead atoms. The van der Waals surface area contributed by atoms with Crippen LogP contribution < -0.4 is 0 Å². The van der Waals surface area contributed by atoms with Crippen molar-refractivity contribution in [3.8, 4) is 0 Å². The average Bonchev–Trinajstić information content (AvgIpc) is 1.89. The number of rotatable bonds is 4. The third-order valence-electron chi connectivity index (χ3n) is 0.800. The van der Waals surface area contributed by atoms with Crippen LogP contribution in [0.4, 0.5) is 0 Å². The fourth-order valence-corrected chi connectivity index (χ4v) is 0.677. The predicted octanol–water partition coefficient (Wildman–Crippen LogP) is 3.07. The molecule has 0 rings (SSSR count). The number of alkyl halides is 1. The van der Waals surface area contributed by atoms with Crippen molar-refractivity contribution in [2.75, 3.05) is 5.33 Å². The van der Waals surface area contributed by atoms with Gasteiger partial charge in [0.1, 0.15) is 0 Å². The van der Waals surface area contributed by atoms with Crippen LogP contribution in [0.5, 0.6) is 0 Å². The molecule has 0 radical (unpaired) electrons. The van der Waals surface area contributed by atoms with Crippen molar-refractivity contribution in [2.45, 2.75) is 6.42 Å². The molecule has 9 heavy (non-hydrogen) atoms. The molecule has 0 saturated heterocycles. The minimum absolute atomic E-state index is 0.939. The normalized spacial score (nSPS) is 11.2. The first-order valence-electron chi connectivity index (χ1n) is 2.90. The largest absolute Gasteiger partial charge is 0.0991 e. The molecule has 0 unspecified atom stereocenters. The summed E-state index contributed by atoms with van der Waals surface area (Å²) in [4.78, 5) is 0. The smallest absolute Gasteiger partial charge is 0.0212 e. The van der Waals surface area contributed by atoms with Crippen LogP contribution in [0.3, 0.4) is 0 Å². The van der Waals surface area contributed by atoms with Gasteiger partial charge in [-0.2, -0.15) is 0 Å². The Morgan fingerprint density at radius 3 is 2.56 bits per heavy atom. The van der Waals surface area contributed by atoms with E-state index in [-0.39, 0.29) is 0 Å². The molecule has 0 aromatic carbocycles. The highest BCUT2D eigenvalue weighted by atomic mass is 79.9. The summed E-state index contributed by atoms with van der Waals surface area (Å²) in [5.74, 6) is 0. The van der Waals surface area contributed by atoms with E-state index in [1.807, 2.05) is 6.08 Å². The van der Waals surface area contributed by atoms with Crippen LogP contribution >= 0.6 is 15.9 Å². The molecule has 0 aliphatic carbocycles. The zero-order valence-electron chi connectivity index (χ0n) is 5.39. The second-order valence-electron chi connectivity index (χ2n) is 1.53. The van der Waals surface area contributed by atoms with E-state index in [0.29, 0.717) is 0 Å². The second kappa shape index (κ2) is 7.70. The molecule has 0 aromatic heterocycles. The fraction of sp³-hybridized carbons (Fsp3) is 0.250. The molecule has 0 atom stereocenters. The Balaban J connectivity index is 3.17. The quantitative estimate of drug-likeness (QED) is 0.360. The molecular weight excluding hydrogens is 176 g/mol. The standard InChI is InChI=1S/C8H11Br/c1-2-3-4-5-6-7-8-9/h2-4,6-7H,1,5,8H2/b4-3+,7-6-. The highest BCUT2D eigenvalue weighted by Crippen LogP contribution is 1.88. The van der Waals surface area contributed by atoms with E-state index in [2.05, 4.69) is 40.7 Å². The van der Waals surface area contributed by atoms with Crippen molar-refractivity contribution in [1.82, 2.24) is 0 Å². The van der Waals surface area contributed by atoms with Gasteiger partial charge in [-0.15, -0.1) is 0 Å². The summed E-state index contributed by atoms with van der Waals surface area (Å²) in [7, 11) is 0. The van der Waals surface area contributed by atoms with Gasteiger partial charge in [-0.05, 0) is 6.42 Å². The summed E-state index contributed by atoms with van der Waals surface area (Å²) in [5.41, 5.74) is 0. The molecule has 1 heteroatoms. The van der Waals surface area contributed by atoms with Gasteiger partial charge in [0.05, 0.1) is 0 Å². The van der Waals surface area contributed by atoms with Crippen LogP contribution in [-0.2, 0) is 0 Å². The van der Waals surface area contributed by atoms with E-state index >= 15 is 0 Å². The van der Waals surface area contributed by atoms with Crippen LogP contribution in [0.15, 0.2) is 37.0 Å². The molecule has 0 aromatic rings. The van der Waals surface area contributed by atoms with Gasteiger partial charge in [0, 0.05) is 5.33 Å². The molecule has 0 nitrogen and oxygen atoms in total. The van der Waals surface area contributed by atoms with Gasteiger partial charge in [-0.1, -0.05) is 52.9 Å². The first-order chi connectivity index (χ1) is 4.41. The zero-order chi connectivity index (χ0) is 6.95. The maximum absolute atomic E-state index is 3.56. The van der Waals surface area contributed by atoms with Gasteiger partial charge >= 0.3 is 0 Å². The SMILES string of the molecule is C=C/C=C/C/C=C\CBr. The molecule has 0 N–H and O–H groups in total. The van der Waals surface area contributed by atoms with Crippen molar-refractivity contribution in [3.05, 3.63) is 37.0 Å². The highest BCUT2D eigenvalue weighted by molar-refractivity contribution is 9.09. The Labute approximate surface area is 65.1 Å². The lowest BCUT2D eigenvalue weighted by Crippen LogP contribution is -1.59. The number of allylic oxidation sites excluding steroid dienone is 5. The molecule has 50 valence electrons. The van der Waals surface area contributed by atoms with Crippen LogP contribution in [0, 0.1) is 0 Å². The van der Waals surface area contributed by atoms with Gasteiger partial charge in [0.2, 0.25) is 0 Å². The fourth-order valence-electron chi connectivity index (χ4n) is 0.413. The van der Waals surface area contributed by atoms with E-state index in [4.69, 9.17) is 0 Å². The lowest BCUT2D eigenvalue weighted by molar-refractivity contribution is 1.38. The zero-order valence-corrected chi connectivity index (χ0v) is 6.97. The summed E-state index contributed by atoms with van der Waals surface area (Å²) < 4.78 is 0. The number of hydrogen-bond donors (Lipinski definition) is 0. The predicted molar refractivity (Wildman–Crippen MR) is 46.9 cm³/mol. The molecular formula is C8H11Br. The molecule has 0 saturated carbocycles. The summed E-state index contributed by atoms with van der Waals surface area (Å²) >= 11 is 3.29. The average molecular weight is 187 g/mol. The van der Waals surface area contributed by atoms with E-state index < -0.39 is 0 Å². The third kappa shape index (κ3) is 7.70. The van der Waals surface area contributed by atoms with Crippen molar-refractivity contribution in [2.24, 2.45) is 0 Å². The maximum Gasteiger partial charge on any atom is 0.0212 e. The van der Waals surface area contributed by atoms with E-state index in [0.717, 1.165) is 11.8 Å². The van der Waals surface area contributed by atoms with E-state index in [1.165, 1.54) is 0 Å². The number of halogens is 1. The summed E-state index contributed by atoms with van der Waals surface area (Å²) in [6, 6.07) is 0. The Morgan fingerprint density at radius 2 is 2.00 bits per heavy atom. The van der Waals surface area contributed by atoms with Gasteiger partial charge < -0.3 is 0 Å². The van der Waals surface area contributed by atoms with Crippen LogP contribution in [0.25, 0.3) is 0 Å². The van der Waals surface area contributed by atoms with Gasteiger partial charge in [-0.3, -0.25) is 0 Å². The molecule has 0 aliphatic rings. The monoisotopic (exact) mass is 186 g/mol. The number of hydrogen-bond acceptors (Lipinski definition) is 0. The minimum atomic E-state index is 0.939. The van der Waals surface area contributed by atoms with E-state index in [1.54, 1.807) is 6.08 Å². The molecule has 0 heterocycles. The van der Waals surface area contributed by atoms with Crippen molar-refractivity contribution in [1.29, 1.82) is 0 Å². The minimum Gasteiger partial charge on any atom is -0.0991 e. The summed E-state index contributed by atoms with van der Waals surface area (Å²) in [6.45, 7) is 3.56. The molecule has 0 fully saturated rings. The highest BCUT2D eigenvalue weighted by Gasteiger charge is 1.67. The van der Waals surface area contributed by atoms with Gasteiger partial charge in [0.15, 0.2) is 0 Å². The van der Waals surface area contributed by atoms with Crippen molar-refractivity contribution < 1.29 is 0 Å². The first kappa shape index (κ1) is 8.70. The van der Waals surface area contributed by atoms with Crippen LogP contribution in [-0.4, -0.2) is 5.33 Å². The van der Waals surface area contributed by atoms with Crippen molar-refractivity contribution in [3.63, 3.8) is 0 Å². The van der Waals surface area contributed by atoms with Crippen molar-refractivity contribution >= 4 is 15.9 Å². The van der Waals surface area contributed by atoms with E-state index in [9.17, 15) is 0 Å². The maximum atomic E-state index is 3.56. The molecule has 0 spiro atoms. The van der Waals surface area contributed by atoms with Gasteiger partial charge in [-0.25, -0.2) is 0 Å². The first-order valence-corrected chi connectivity index (χ1v) is 4.02. The second-order valence-corrected chi connectivity index (χ2v) is 2.17. The topological polar surface area (TPSA) is 0 Å². The Kier molecular flexibility index (Phi) is 7.44. The third-order valence-corrected chi connectivity index (χ3v) is 1.17. The Hall–Kier alpha value is -0.300. The van der Waals surface area contributed by atoms with Crippen LogP contribution in [0.1, 0.15) is 6.42 Å². The van der Waals surface area contributed by atoms with Gasteiger partial charge in [0.25, 0.3) is 0 Å². The molecule has 0 aliphatic heterocycles. The Bertz CT molecular complexity index is 112. The lowest BCUT2D eigenvalue weighted by atomic mass is 10.3. The lowest BCUT2D eigenvalue weighted by Gasteiger charge is -1.77. The summed E-state index contributed by atoms with van der Waals surface area (Å²) in [5, 5.41) is 0.939. The molecule has 0 amide bonds. The summed E-state index contributed by atoms with van der Waals surface area (Å²) in [6.07, 6.45) is 11.0.